The van der Waals surface area contributed by atoms with Crippen LogP contribution in [0.3, 0.4) is 0 Å². The Labute approximate surface area is 96.3 Å². The van der Waals surface area contributed by atoms with Crippen molar-refractivity contribution in [1.29, 1.82) is 0 Å². The van der Waals surface area contributed by atoms with Crippen LogP contribution in [0.5, 0.6) is 0 Å². The summed E-state index contributed by atoms with van der Waals surface area (Å²) in [7, 11) is 0. The number of benzene rings is 1. The fourth-order valence-electron chi connectivity index (χ4n) is 1.95. The monoisotopic (exact) mass is 218 g/mol. The van der Waals surface area contributed by atoms with Crippen LogP contribution < -0.4 is 5.73 Å². The van der Waals surface area contributed by atoms with Crippen molar-refractivity contribution in [1.82, 2.24) is 0 Å². The molecule has 0 aromatic heterocycles. The van der Waals surface area contributed by atoms with Gasteiger partial charge < -0.3 is 10.5 Å². The molecule has 1 aliphatic rings. The number of ether oxygens (including phenoxy) is 1. The topological polar surface area (TPSA) is 47.6 Å². The van der Waals surface area contributed by atoms with Gasteiger partial charge in [-0.1, -0.05) is 29.8 Å². The molecule has 1 aliphatic heterocycles. The highest BCUT2D eigenvalue weighted by atomic mass is 16.5. The highest BCUT2D eigenvalue weighted by Crippen LogP contribution is 2.13. The van der Waals surface area contributed by atoms with E-state index in [1.165, 1.54) is 11.1 Å². The zero-order valence-electron chi connectivity index (χ0n) is 9.65. The lowest BCUT2D eigenvalue weighted by atomic mass is 10.1. The quantitative estimate of drug-likeness (QED) is 0.836. The van der Waals surface area contributed by atoms with Gasteiger partial charge in [0.1, 0.15) is 6.61 Å². The van der Waals surface area contributed by atoms with E-state index < -0.39 is 0 Å². The molecule has 1 unspecified atom stereocenters. The molecule has 0 spiro atoms. The zero-order valence-corrected chi connectivity index (χ0v) is 9.65. The minimum absolute atomic E-state index is 0.267. The summed E-state index contributed by atoms with van der Waals surface area (Å²) in [6.45, 7) is 3.41. The van der Waals surface area contributed by atoms with E-state index in [2.05, 4.69) is 36.2 Å². The van der Waals surface area contributed by atoms with Gasteiger partial charge in [0.25, 0.3) is 0 Å². The molecule has 1 heterocycles. The van der Waals surface area contributed by atoms with E-state index in [1.807, 2.05) is 0 Å². The van der Waals surface area contributed by atoms with Gasteiger partial charge in [-0.3, -0.25) is 0 Å². The molecule has 1 atom stereocenters. The van der Waals surface area contributed by atoms with Crippen LogP contribution in [0, 0.1) is 6.92 Å². The molecule has 1 aromatic rings. The molecule has 0 aliphatic carbocycles. The third-order valence-electron chi connectivity index (χ3n) is 2.68. The zero-order chi connectivity index (χ0) is 11.4. The van der Waals surface area contributed by atoms with E-state index in [9.17, 15) is 0 Å². The van der Waals surface area contributed by atoms with Crippen molar-refractivity contribution in [2.75, 3.05) is 13.2 Å². The van der Waals surface area contributed by atoms with Crippen molar-refractivity contribution in [3.8, 4) is 0 Å². The summed E-state index contributed by atoms with van der Waals surface area (Å²) in [4.78, 5) is 4.52. The van der Waals surface area contributed by atoms with Gasteiger partial charge in [0.15, 0.2) is 5.90 Å². The maximum Gasteiger partial charge on any atom is 0.184 e. The van der Waals surface area contributed by atoms with Crippen LogP contribution in [0.4, 0.5) is 0 Å². The Bertz CT molecular complexity index is 387. The summed E-state index contributed by atoms with van der Waals surface area (Å²) < 4.78 is 5.48. The number of hydrogen-bond donors (Lipinski definition) is 1. The molecule has 0 bridgehead atoms. The molecule has 0 amide bonds. The molecule has 1 aromatic carbocycles. The smallest absolute Gasteiger partial charge is 0.184 e. The van der Waals surface area contributed by atoms with Gasteiger partial charge in [-0.15, -0.1) is 0 Å². The summed E-state index contributed by atoms with van der Waals surface area (Å²) in [5.74, 6) is 0.820. The first-order valence-electron chi connectivity index (χ1n) is 5.73. The van der Waals surface area contributed by atoms with E-state index in [0.29, 0.717) is 13.2 Å². The fourth-order valence-corrected chi connectivity index (χ4v) is 1.95. The Hall–Kier alpha value is -1.35. The minimum atomic E-state index is 0.267. The Morgan fingerprint density at radius 1 is 1.50 bits per heavy atom. The van der Waals surface area contributed by atoms with Gasteiger partial charge in [0.05, 0.1) is 6.04 Å². The summed E-state index contributed by atoms with van der Waals surface area (Å²) in [5, 5.41) is 0. The highest BCUT2D eigenvalue weighted by molar-refractivity contribution is 5.77. The molecule has 16 heavy (non-hydrogen) atoms. The summed E-state index contributed by atoms with van der Waals surface area (Å²) in [5.41, 5.74) is 8.08. The van der Waals surface area contributed by atoms with Crippen LogP contribution in [-0.4, -0.2) is 25.1 Å². The predicted octanol–water partition coefficient (Wildman–Crippen LogP) is 1.68. The Morgan fingerprint density at radius 2 is 2.38 bits per heavy atom. The Balaban J connectivity index is 1.96. The molecule has 2 N–H and O–H groups in total. The van der Waals surface area contributed by atoms with E-state index in [-0.39, 0.29) is 6.04 Å². The second-order valence-corrected chi connectivity index (χ2v) is 4.22. The average Bonchev–Trinajstić information content (AvgIpc) is 2.66. The van der Waals surface area contributed by atoms with Crippen molar-refractivity contribution in [3.05, 3.63) is 35.4 Å². The van der Waals surface area contributed by atoms with Crippen molar-refractivity contribution >= 4 is 5.90 Å². The Morgan fingerprint density at radius 3 is 3.12 bits per heavy atom. The SMILES string of the molecule is Cc1cccc(CC2COC(CCN)=N2)c1. The molecule has 0 saturated carbocycles. The predicted molar refractivity (Wildman–Crippen MR) is 65.7 cm³/mol. The molecule has 3 nitrogen and oxygen atoms in total. The van der Waals surface area contributed by atoms with Crippen molar-refractivity contribution in [3.63, 3.8) is 0 Å². The third kappa shape index (κ3) is 2.83. The van der Waals surface area contributed by atoms with Crippen LogP contribution in [0.1, 0.15) is 17.5 Å². The maximum atomic E-state index is 5.48. The molecule has 2 rings (SSSR count). The number of rotatable bonds is 4. The lowest BCUT2D eigenvalue weighted by Gasteiger charge is -2.05. The fraction of sp³-hybridized carbons (Fsp3) is 0.462. The third-order valence-corrected chi connectivity index (χ3v) is 2.68. The lowest BCUT2D eigenvalue weighted by Crippen LogP contribution is -2.10. The summed E-state index contributed by atoms with van der Waals surface area (Å²) in [6.07, 6.45) is 1.71. The first-order chi connectivity index (χ1) is 7.78. The summed E-state index contributed by atoms with van der Waals surface area (Å²) in [6, 6.07) is 8.81. The molecule has 0 fully saturated rings. The molecule has 0 saturated heterocycles. The Kier molecular flexibility index (Phi) is 3.57. The normalized spacial score (nSPS) is 19.4. The van der Waals surface area contributed by atoms with Gasteiger partial charge in [-0.2, -0.15) is 0 Å². The standard InChI is InChI=1S/C13H18N2O/c1-10-3-2-4-11(7-10)8-12-9-16-13(15-12)5-6-14/h2-4,7,12H,5-6,8-9,14H2,1H3. The first-order valence-corrected chi connectivity index (χ1v) is 5.73. The number of aryl methyl sites for hydroxylation is 1. The van der Waals surface area contributed by atoms with Crippen LogP contribution in [0.15, 0.2) is 29.3 Å². The van der Waals surface area contributed by atoms with Crippen molar-refractivity contribution in [2.24, 2.45) is 10.7 Å². The molecule has 3 heteroatoms. The first kappa shape index (κ1) is 11.1. The van der Waals surface area contributed by atoms with Crippen LogP contribution in [0.25, 0.3) is 0 Å². The molecular formula is C13H18N2O. The second kappa shape index (κ2) is 5.12. The number of aliphatic imine (C=N–C) groups is 1. The molecular weight excluding hydrogens is 200 g/mol. The molecule has 0 radical (unpaired) electrons. The number of nitrogens with zero attached hydrogens (tertiary/aromatic N) is 1. The van der Waals surface area contributed by atoms with Gasteiger partial charge in [0, 0.05) is 13.0 Å². The largest absolute Gasteiger partial charge is 0.479 e. The lowest BCUT2D eigenvalue weighted by molar-refractivity contribution is 0.309. The van der Waals surface area contributed by atoms with Crippen molar-refractivity contribution in [2.45, 2.75) is 25.8 Å². The average molecular weight is 218 g/mol. The number of nitrogens with two attached hydrogens (primary N) is 1. The maximum absolute atomic E-state index is 5.48. The van der Waals surface area contributed by atoms with E-state index >= 15 is 0 Å². The van der Waals surface area contributed by atoms with E-state index in [0.717, 1.165) is 18.7 Å². The van der Waals surface area contributed by atoms with Crippen molar-refractivity contribution < 1.29 is 4.74 Å². The second-order valence-electron chi connectivity index (χ2n) is 4.22. The van der Waals surface area contributed by atoms with E-state index in [4.69, 9.17) is 10.5 Å². The number of hydrogen-bond acceptors (Lipinski definition) is 3. The molecule has 86 valence electrons. The van der Waals surface area contributed by atoms with Gasteiger partial charge in [0.2, 0.25) is 0 Å². The van der Waals surface area contributed by atoms with Crippen LogP contribution in [-0.2, 0) is 11.2 Å². The van der Waals surface area contributed by atoms with Crippen LogP contribution >= 0.6 is 0 Å². The van der Waals surface area contributed by atoms with Gasteiger partial charge >= 0.3 is 0 Å². The highest BCUT2D eigenvalue weighted by Gasteiger charge is 2.18. The van der Waals surface area contributed by atoms with Crippen LogP contribution in [0.2, 0.25) is 0 Å². The van der Waals surface area contributed by atoms with E-state index in [1.54, 1.807) is 0 Å². The summed E-state index contributed by atoms with van der Waals surface area (Å²) >= 11 is 0. The van der Waals surface area contributed by atoms with Gasteiger partial charge in [-0.05, 0) is 18.9 Å². The van der Waals surface area contributed by atoms with Gasteiger partial charge in [-0.25, -0.2) is 4.99 Å². The minimum Gasteiger partial charge on any atom is -0.479 e.